The zero-order chi connectivity index (χ0) is 23.9. The van der Waals surface area contributed by atoms with Gasteiger partial charge in [-0.05, 0) is 61.4 Å². The highest BCUT2D eigenvalue weighted by molar-refractivity contribution is 8.09. The van der Waals surface area contributed by atoms with Crippen LogP contribution < -0.4 is 0 Å². The Labute approximate surface area is 194 Å². The topological polar surface area (TPSA) is 44.8 Å². The first-order chi connectivity index (χ1) is 14.7. The number of rotatable bonds is 6. The maximum absolute atomic E-state index is 12.8. The van der Waals surface area contributed by atoms with Crippen molar-refractivity contribution < 1.29 is 31.8 Å². The van der Waals surface area contributed by atoms with Gasteiger partial charge in [0.15, 0.2) is 18.0 Å². The van der Waals surface area contributed by atoms with E-state index < -0.39 is 30.8 Å². The summed E-state index contributed by atoms with van der Waals surface area (Å²) < 4.78 is 53.9. The van der Waals surface area contributed by atoms with Gasteiger partial charge in [0.05, 0.1) is 0 Å². The molecule has 2 aromatic rings. The van der Waals surface area contributed by atoms with Crippen LogP contribution in [-0.2, 0) is 30.4 Å². The number of halogens is 4. The highest BCUT2D eigenvalue weighted by atomic mass is 35.5. The monoisotopic (exact) mass is 504 g/mol. The van der Waals surface area contributed by atoms with Crippen molar-refractivity contribution in [3.63, 3.8) is 0 Å². The van der Waals surface area contributed by atoms with Gasteiger partial charge in [0.25, 0.3) is 0 Å². The average Bonchev–Trinajstić information content (AvgIpc) is 2.89. The quantitative estimate of drug-likeness (QED) is 0.316. The molecule has 1 atom stereocenters. The predicted molar refractivity (Wildman–Crippen MR) is 122 cm³/mol. The Hall–Kier alpha value is -1.86. The van der Waals surface area contributed by atoms with Gasteiger partial charge in [0.1, 0.15) is 5.57 Å². The fourth-order valence-electron chi connectivity index (χ4n) is 3.28. The summed E-state index contributed by atoms with van der Waals surface area (Å²) in [6, 6.07) is 12.9. The Morgan fingerprint density at radius 1 is 1.16 bits per heavy atom. The van der Waals surface area contributed by atoms with E-state index in [1.54, 1.807) is 26.8 Å². The smallest absolute Gasteiger partial charge is 0.412 e. The molecule has 3 rings (SSSR count). The second-order valence-corrected chi connectivity index (χ2v) is 12.2. The molecule has 4 nitrogen and oxygen atoms in total. The highest BCUT2D eigenvalue weighted by Gasteiger charge is 2.45. The molecule has 1 aliphatic rings. The molecule has 0 amide bonds. The van der Waals surface area contributed by atoms with E-state index in [4.69, 9.17) is 37.2 Å². The number of alkyl halides is 3. The van der Waals surface area contributed by atoms with Crippen molar-refractivity contribution in [1.29, 1.82) is 0 Å². The first-order valence-electron chi connectivity index (χ1n) is 9.52. The molecule has 0 radical (unpaired) electrons. The van der Waals surface area contributed by atoms with Gasteiger partial charge >= 0.3 is 12.1 Å². The zero-order valence-corrected chi connectivity index (χ0v) is 20.2. The molecule has 1 aliphatic heterocycles. The van der Waals surface area contributed by atoms with E-state index in [9.17, 15) is 18.0 Å². The van der Waals surface area contributed by atoms with E-state index in [0.717, 1.165) is 11.1 Å². The van der Waals surface area contributed by atoms with E-state index in [0.29, 0.717) is 16.1 Å². The van der Waals surface area contributed by atoms with E-state index >= 15 is 0 Å². The summed E-state index contributed by atoms with van der Waals surface area (Å²) in [6.45, 7) is 1.27. The maximum Gasteiger partial charge on any atom is 0.412 e. The molecule has 0 spiro atoms. The number of cyclic esters (lactones) is 1. The lowest BCUT2D eigenvalue weighted by molar-refractivity contribution is -0.153. The first kappa shape index (κ1) is 24.8. The van der Waals surface area contributed by atoms with E-state index in [1.165, 1.54) is 6.66 Å². The minimum absolute atomic E-state index is 0.0298. The van der Waals surface area contributed by atoms with E-state index in [1.807, 2.05) is 36.4 Å². The van der Waals surface area contributed by atoms with Crippen LogP contribution in [0.1, 0.15) is 25.0 Å². The summed E-state index contributed by atoms with van der Waals surface area (Å²) in [6.07, 6.45) is -4.56. The van der Waals surface area contributed by atoms with E-state index in [2.05, 4.69) is 0 Å². The average molecular weight is 505 g/mol. The third kappa shape index (κ3) is 5.54. The minimum atomic E-state index is -4.56. The van der Waals surface area contributed by atoms with Gasteiger partial charge in [0.2, 0.25) is 6.49 Å². The second-order valence-electron chi connectivity index (χ2n) is 7.87. The van der Waals surface area contributed by atoms with Crippen LogP contribution in [0.4, 0.5) is 13.2 Å². The van der Waals surface area contributed by atoms with E-state index in [-0.39, 0.29) is 11.3 Å². The molecule has 1 heterocycles. The summed E-state index contributed by atoms with van der Waals surface area (Å²) in [4.78, 5) is 12.8. The van der Waals surface area contributed by atoms with Crippen LogP contribution in [0.3, 0.4) is 0 Å². The Morgan fingerprint density at radius 2 is 1.78 bits per heavy atom. The summed E-state index contributed by atoms with van der Waals surface area (Å²) in [5.74, 6) is -0.649. The van der Waals surface area contributed by atoms with Crippen molar-refractivity contribution in [1.82, 2.24) is 0 Å². The van der Waals surface area contributed by atoms with Gasteiger partial charge in [-0.3, -0.25) is 0 Å². The summed E-state index contributed by atoms with van der Waals surface area (Å²) in [5, 5.41) is 0.394. The molecule has 0 fully saturated rings. The third-order valence-electron chi connectivity index (χ3n) is 4.71. The van der Waals surface area contributed by atoms with Crippen molar-refractivity contribution in [2.45, 2.75) is 32.5 Å². The highest BCUT2D eigenvalue weighted by Crippen LogP contribution is 2.53. The minimum Gasteiger partial charge on any atom is -0.448 e. The van der Waals surface area contributed by atoms with Crippen LogP contribution in [0.5, 0.6) is 0 Å². The van der Waals surface area contributed by atoms with Gasteiger partial charge in [0, 0.05) is 17.3 Å². The summed E-state index contributed by atoms with van der Waals surface area (Å²) >= 11 is 11.7. The lowest BCUT2D eigenvalue weighted by atomic mass is 9.93. The maximum atomic E-state index is 12.8. The normalized spacial score (nSPS) is 17.8. The summed E-state index contributed by atoms with van der Waals surface area (Å²) in [7, 11) is 0. The Morgan fingerprint density at radius 3 is 2.38 bits per heavy atom. The second kappa shape index (κ2) is 8.82. The molecule has 0 bridgehead atoms. The predicted octanol–water partition coefficient (Wildman–Crippen LogP) is 6.90. The number of carbonyl (C=O) groups is 1. The standard InChI is InChI=1S/C22H21ClF3O4PS/c1-13-10-16(14-8-6-5-7-9-14)17(23)11-15(13)18-19(21(2,3)29-20(18)27)30-31(4,32)28-12-22(24,25)26/h5-11H,12H2,1-4H3. The van der Waals surface area contributed by atoms with Crippen molar-refractivity contribution in [3.05, 3.63) is 64.4 Å². The summed E-state index contributed by atoms with van der Waals surface area (Å²) in [5.41, 5.74) is 1.66. The molecular weight excluding hydrogens is 484 g/mol. The van der Waals surface area contributed by atoms with Crippen LogP contribution >= 0.6 is 18.1 Å². The Balaban J connectivity index is 2.07. The van der Waals surface area contributed by atoms with Crippen molar-refractivity contribution in [2.75, 3.05) is 13.3 Å². The molecule has 2 aromatic carbocycles. The van der Waals surface area contributed by atoms with Gasteiger partial charge < -0.3 is 13.8 Å². The molecule has 0 saturated heterocycles. The number of carbonyl (C=O) groups excluding carboxylic acids is 1. The molecule has 0 N–H and O–H groups in total. The van der Waals surface area contributed by atoms with Crippen LogP contribution in [0.2, 0.25) is 5.02 Å². The molecule has 172 valence electrons. The van der Waals surface area contributed by atoms with Gasteiger partial charge in [-0.15, -0.1) is 0 Å². The molecule has 0 saturated carbocycles. The van der Waals surface area contributed by atoms with Crippen LogP contribution in [0, 0.1) is 6.92 Å². The SMILES string of the molecule is Cc1cc(-c2ccccc2)c(Cl)cc1C1=C(OP(C)(=S)OCC(F)(F)F)C(C)(C)OC1=O. The number of hydrogen-bond acceptors (Lipinski definition) is 5. The van der Waals surface area contributed by atoms with Gasteiger partial charge in [-0.25, -0.2) is 4.79 Å². The largest absolute Gasteiger partial charge is 0.448 e. The third-order valence-corrected chi connectivity index (χ3v) is 6.68. The van der Waals surface area contributed by atoms with Crippen LogP contribution in [0.15, 0.2) is 48.2 Å². The number of benzene rings is 2. The number of ether oxygens (including phenoxy) is 1. The number of hydrogen-bond donors (Lipinski definition) is 0. The van der Waals surface area contributed by atoms with Crippen molar-refractivity contribution in [3.8, 4) is 11.1 Å². The fourth-order valence-corrected chi connectivity index (χ4v) is 5.01. The van der Waals surface area contributed by atoms with Crippen molar-refractivity contribution >= 4 is 41.4 Å². The molecule has 32 heavy (non-hydrogen) atoms. The molecule has 0 aliphatic carbocycles. The lowest BCUT2D eigenvalue weighted by Gasteiger charge is -2.27. The lowest BCUT2D eigenvalue weighted by Crippen LogP contribution is -2.24. The molecule has 0 aromatic heterocycles. The fraction of sp³-hybridized carbons (Fsp3) is 0.318. The molecular formula is C22H21ClF3O4PS. The number of aryl methyl sites for hydroxylation is 1. The van der Waals surface area contributed by atoms with Crippen LogP contribution in [0.25, 0.3) is 16.7 Å². The zero-order valence-electron chi connectivity index (χ0n) is 17.7. The first-order valence-corrected chi connectivity index (χ1v) is 13.0. The van der Waals surface area contributed by atoms with Crippen molar-refractivity contribution in [2.24, 2.45) is 0 Å². The van der Waals surface area contributed by atoms with Gasteiger partial charge in [-0.2, -0.15) is 13.2 Å². The Bertz CT molecular complexity index is 1130. The van der Waals surface area contributed by atoms with Gasteiger partial charge in [-0.1, -0.05) is 41.9 Å². The Kier molecular flexibility index (Phi) is 6.83. The molecule has 10 heteroatoms. The van der Waals surface area contributed by atoms with Crippen LogP contribution in [-0.4, -0.2) is 31.0 Å². The molecule has 1 unspecified atom stereocenters. The number of esters is 1.